The molecule has 0 fully saturated rings. The van der Waals surface area contributed by atoms with Crippen LogP contribution < -0.4 is 5.32 Å². The minimum absolute atomic E-state index is 0.163. The van der Waals surface area contributed by atoms with E-state index in [-0.39, 0.29) is 11.8 Å². The summed E-state index contributed by atoms with van der Waals surface area (Å²) in [5, 5.41) is 7.35. The Bertz CT molecular complexity index is 922. The molecule has 1 aliphatic heterocycles. The molecule has 1 aromatic rings. The van der Waals surface area contributed by atoms with Crippen LogP contribution in [0.3, 0.4) is 0 Å². The van der Waals surface area contributed by atoms with Gasteiger partial charge in [-0.3, -0.25) is 14.5 Å². The first-order valence-corrected chi connectivity index (χ1v) is 9.92. The van der Waals surface area contributed by atoms with Gasteiger partial charge in [0, 0.05) is 42.2 Å². The first kappa shape index (κ1) is 19.9. The largest absolute Gasteiger partial charge is 0.305 e. The van der Waals surface area contributed by atoms with Crippen molar-refractivity contribution in [2.75, 3.05) is 11.9 Å². The van der Waals surface area contributed by atoms with Crippen LogP contribution >= 0.6 is 0 Å². The monoisotopic (exact) mass is 376 g/mol. The van der Waals surface area contributed by atoms with Crippen molar-refractivity contribution < 1.29 is 4.79 Å². The lowest BCUT2D eigenvalue weighted by molar-refractivity contribution is -0.112. The number of carbonyl (C=O) groups excluding carboxylic acids is 1. The normalized spacial score (nSPS) is 24.6. The smallest absolute Gasteiger partial charge is 0.256 e. The number of nitrogens with zero attached hydrogens (tertiary/aromatic N) is 3. The highest BCUT2D eigenvalue weighted by Gasteiger charge is 2.30. The molecule has 2 heterocycles. The molecule has 1 aliphatic carbocycles. The Labute approximate surface area is 167 Å². The number of nitrogens with one attached hydrogen (secondary N) is 1. The summed E-state index contributed by atoms with van der Waals surface area (Å²) in [6.45, 7) is 9.23. The van der Waals surface area contributed by atoms with E-state index in [1.165, 1.54) is 0 Å². The van der Waals surface area contributed by atoms with E-state index in [1.54, 1.807) is 0 Å². The van der Waals surface area contributed by atoms with Gasteiger partial charge in [-0.15, -0.1) is 0 Å². The van der Waals surface area contributed by atoms with Crippen molar-refractivity contribution in [2.45, 2.75) is 46.6 Å². The van der Waals surface area contributed by atoms with Crippen molar-refractivity contribution in [3.8, 4) is 11.8 Å². The Morgan fingerprint density at radius 3 is 3.04 bits per heavy atom. The zero-order chi connectivity index (χ0) is 20.1. The second kappa shape index (κ2) is 8.43. The standard InChI is InChI=1S/C23H28N4O/c1-5-18(3)27-14-11-21(26-27)25-22(28)20-9-8-17(2)23(4,15-20)12-10-19-7-6-13-24-16-19/h7-9,11,14-18H,5-6,13H2,1-4H3,(H,25,26,28)/t17?,18?,23-/m1/s1. The second-order valence-corrected chi connectivity index (χ2v) is 7.66. The van der Waals surface area contributed by atoms with E-state index in [2.05, 4.69) is 61.0 Å². The highest BCUT2D eigenvalue weighted by Crippen LogP contribution is 2.35. The predicted octanol–water partition coefficient (Wildman–Crippen LogP) is 4.34. The van der Waals surface area contributed by atoms with Crippen LogP contribution in [0.15, 0.2) is 52.7 Å². The lowest BCUT2D eigenvalue weighted by Gasteiger charge is -2.29. The number of hydrogen-bond acceptors (Lipinski definition) is 3. The van der Waals surface area contributed by atoms with Gasteiger partial charge in [0.2, 0.25) is 0 Å². The van der Waals surface area contributed by atoms with Crippen molar-refractivity contribution in [3.05, 3.63) is 47.7 Å². The van der Waals surface area contributed by atoms with Gasteiger partial charge < -0.3 is 5.32 Å². The lowest BCUT2D eigenvalue weighted by atomic mass is 9.74. The molecular weight excluding hydrogens is 348 g/mol. The molecule has 0 saturated carbocycles. The van der Waals surface area contributed by atoms with Gasteiger partial charge in [0.15, 0.2) is 5.82 Å². The Balaban J connectivity index is 1.76. The van der Waals surface area contributed by atoms with Crippen LogP contribution in [-0.4, -0.2) is 28.4 Å². The molecule has 1 aromatic heterocycles. The van der Waals surface area contributed by atoms with Crippen LogP contribution in [0.1, 0.15) is 46.6 Å². The number of carbonyl (C=O) groups is 1. The van der Waals surface area contributed by atoms with Gasteiger partial charge in [0.1, 0.15) is 0 Å². The van der Waals surface area contributed by atoms with Crippen molar-refractivity contribution in [1.29, 1.82) is 0 Å². The average molecular weight is 377 g/mol. The van der Waals surface area contributed by atoms with Gasteiger partial charge in [-0.25, -0.2) is 0 Å². The fourth-order valence-corrected chi connectivity index (χ4v) is 3.07. The molecule has 5 nitrogen and oxygen atoms in total. The first-order valence-electron chi connectivity index (χ1n) is 9.92. The van der Waals surface area contributed by atoms with E-state index in [0.29, 0.717) is 17.4 Å². The van der Waals surface area contributed by atoms with Crippen LogP contribution in [0, 0.1) is 23.2 Å². The summed E-state index contributed by atoms with van der Waals surface area (Å²) >= 11 is 0. The number of amides is 1. The zero-order valence-corrected chi connectivity index (χ0v) is 17.1. The van der Waals surface area contributed by atoms with Gasteiger partial charge in [-0.1, -0.05) is 50.0 Å². The van der Waals surface area contributed by atoms with Gasteiger partial charge >= 0.3 is 0 Å². The quantitative estimate of drug-likeness (QED) is 0.795. The van der Waals surface area contributed by atoms with E-state index >= 15 is 0 Å². The molecule has 2 unspecified atom stereocenters. The highest BCUT2D eigenvalue weighted by atomic mass is 16.1. The molecule has 5 heteroatoms. The number of dihydropyridines is 1. The van der Waals surface area contributed by atoms with E-state index in [1.807, 2.05) is 41.4 Å². The maximum Gasteiger partial charge on any atom is 0.256 e. The van der Waals surface area contributed by atoms with Gasteiger partial charge in [-0.2, -0.15) is 5.10 Å². The maximum atomic E-state index is 12.8. The second-order valence-electron chi connectivity index (χ2n) is 7.66. The van der Waals surface area contributed by atoms with Crippen LogP contribution in [0.4, 0.5) is 5.82 Å². The minimum atomic E-state index is -0.413. The molecule has 0 aromatic carbocycles. The number of rotatable bonds is 4. The summed E-state index contributed by atoms with van der Waals surface area (Å²) in [5.74, 6) is 7.20. The zero-order valence-electron chi connectivity index (χ0n) is 17.1. The van der Waals surface area contributed by atoms with Crippen LogP contribution in [-0.2, 0) is 4.79 Å². The fourth-order valence-electron chi connectivity index (χ4n) is 3.07. The molecule has 2 aliphatic rings. The molecule has 0 bridgehead atoms. The number of anilines is 1. The van der Waals surface area contributed by atoms with Crippen molar-refractivity contribution in [1.82, 2.24) is 9.78 Å². The molecule has 0 radical (unpaired) electrons. The molecule has 0 saturated heterocycles. The number of hydrogen-bond donors (Lipinski definition) is 1. The highest BCUT2D eigenvalue weighted by molar-refractivity contribution is 6.05. The van der Waals surface area contributed by atoms with E-state index in [0.717, 1.165) is 25.0 Å². The Morgan fingerprint density at radius 2 is 2.32 bits per heavy atom. The van der Waals surface area contributed by atoms with Gasteiger partial charge in [-0.05, 0) is 32.6 Å². The number of allylic oxidation sites excluding steroid dienone is 3. The molecule has 146 valence electrons. The van der Waals surface area contributed by atoms with Crippen LogP contribution in [0.25, 0.3) is 0 Å². The molecule has 1 amide bonds. The first-order chi connectivity index (χ1) is 13.4. The van der Waals surface area contributed by atoms with Gasteiger partial charge in [0.25, 0.3) is 5.91 Å². The lowest BCUT2D eigenvalue weighted by Crippen LogP contribution is -2.26. The van der Waals surface area contributed by atoms with E-state index in [4.69, 9.17) is 0 Å². The minimum Gasteiger partial charge on any atom is -0.305 e. The van der Waals surface area contributed by atoms with Crippen molar-refractivity contribution >= 4 is 17.9 Å². The summed E-state index contributed by atoms with van der Waals surface area (Å²) in [6.07, 6.45) is 13.6. The average Bonchev–Trinajstić information content (AvgIpc) is 3.17. The van der Waals surface area contributed by atoms with Gasteiger partial charge in [0.05, 0.1) is 5.41 Å². The summed E-state index contributed by atoms with van der Waals surface area (Å²) in [7, 11) is 0. The van der Waals surface area contributed by atoms with Crippen molar-refractivity contribution in [3.63, 3.8) is 0 Å². The third-order valence-corrected chi connectivity index (χ3v) is 5.45. The Hall–Kier alpha value is -2.87. The Morgan fingerprint density at radius 1 is 1.50 bits per heavy atom. The van der Waals surface area contributed by atoms with Crippen molar-refractivity contribution in [2.24, 2.45) is 16.3 Å². The molecule has 3 rings (SSSR count). The SMILES string of the molecule is CCC(C)n1ccc(NC(=O)C2=C[C@@](C)(C#CC3=CCCN=C3)C(C)C=C2)n1. The predicted molar refractivity (Wildman–Crippen MR) is 114 cm³/mol. The maximum absolute atomic E-state index is 12.8. The van der Waals surface area contributed by atoms with Crippen LogP contribution in [0.2, 0.25) is 0 Å². The number of aliphatic imine (C=N–C) groups is 1. The third kappa shape index (κ3) is 4.51. The van der Waals surface area contributed by atoms with Crippen LogP contribution in [0.5, 0.6) is 0 Å². The summed E-state index contributed by atoms with van der Waals surface area (Å²) in [5.41, 5.74) is 1.15. The van der Waals surface area contributed by atoms with E-state index in [9.17, 15) is 4.79 Å². The molecule has 0 spiro atoms. The molecule has 28 heavy (non-hydrogen) atoms. The Kier molecular flexibility index (Phi) is 5.99. The molecule has 3 atom stereocenters. The summed E-state index contributed by atoms with van der Waals surface area (Å²) in [6, 6.07) is 2.13. The van der Waals surface area contributed by atoms with E-state index < -0.39 is 5.41 Å². The molecular formula is C23H28N4O. The fraction of sp³-hybridized carbons (Fsp3) is 0.435. The number of aromatic nitrogens is 2. The molecule has 1 N–H and O–H groups in total. The summed E-state index contributed by atoms with van der Waals surface area (Å²) in [4.78, 5) is 17.0. The summed E-state index contributed by atoms with van der Waals surface area (Å²) < 4.78 is 1.87. The topological polar surface area (TPSA) is 59.3 Å². The third-order valence-electron chi connectivity index (χ3n) is 5.45.